The summed E-state index contributed by atoms with van der Waals surface area (Å²) >= 11 is 0. The number of carbonyl (C=O) groups is 2. The van der Waals surface area contributed by atoms with E-state index in [1.165, 1.54) is 12.1 Å². The standard InChI is InChI=1S/C46H54BNO8Si/c1-5-15-31(26-32-16-12-13-23-40(32)50)24-25-41(51)42-33(30-56-57(46(2,3)4,36-19-8-6-9-20-36)37-21-10-7-11-22-37)27-38-43(39(42)29-49)45(53)48(44(38)52)35-18-14-17-34(28-35)47(54)55/h6-14,16-23,26,28,38-39,41,43,49-51,54-55H,5,15,24-25,27,29-30H2,1-4H3/b31-26+/t38-,39+,41-,43-/m1/s1. The summed E-state index contributed by atoms with van der Waals surface area (Å²) in [6.07, 6.45) is 3.43. The van der Waals surface area contributed by atoms with Crippen molar-refractivity contribution in [3.8, 4) is 5.75 Å². The van der Waals surface area contributed by atoms with Gasteiger partial charge in [0.2, 0.25) is 11.8 Å². The number of nitrogens with zero attached hydrogens (tertiary/aromatic N) is 1. The van der Waals surface area contributed by atoms with Gasteiger partial charge in [0.05, 0.1) is 36.8 Å². The van der Waals surface area contributed by atoms with Gasteiger partial charge in [-0.3, -0.25) is 14.5 Å². The van der Waals surface area contributed by atoms with Crippen LogP contribution in [0.1, 0.15) is 65.4 Å². The second-order valence-corrected chi connectivity index (χ2v) is 20.6. The predicted octanol–water partition coefficient (Wildman–Crippen LogP) is 5.09. The van der Waals surface area contributed by atoms with Crippen molar-refractivity contribution in [2.45, 2.75) is 70.9 Å². The summed E-state index contributed by atoms with van der Waals surface area (Å²) in [5.41, 5.74) is 3.30. The zero-order valence-electron chi connectivity index (χ0n) is 33.2. The van der Waals surface area contributed by atoms with Crippen molar-refractivity contribution in [1.29, 1.82) is 0 Å². The van der Waals surface area contributed by atoms with Gasteiger partial charge >= 0.3 is 7.12 Å². The van der Waals surface area contributed by atoms with Gasteiger partial charge in [0.1, 0.15) is 5.75 Å². The molecule has 2 aliphatic rings. The van der Waals surface area contributed by atoms with E-state index in [4.69, 9.17) is 4.43 Å². The first-order valence-corrected chi connectivity index (χ1v) is 21.8. The summed E-state index contributed by atoms with van der Waals surface area (Å²) < 4.78 is 7.38. The van der Waals surface area contributed by atoms with Gasteiger partial charge in [-0.15, -0.1) is 0 Å². The minimum atomic E-state index is -3.09. The van der Waals surface area contributed by atoms with Gasteiger partial charge in [-0.25, -0.2) is 0 Å². The molecule has 1 aliphatic carbocycles. The Labute approximate surface area is 337 Å². The Bertz CT molecular complexity index is 2060. The van der Waals surface area contributed by atoms with Crippen LogP contribution in [0.25, 0.3) is 6.08 Å². The van der Waals surface area contributed by atoms with Crippen molar-refractivity contribution in [2.24, 2.45) is 17.8 Å². The van der Waals surface area contributed by atoms with Crippen LogP contribution in [0.15, 0.2) is 126 Å². The fourth-order valence-electron chi connectivity index (χ4n) is 9.03. The molecule has 11 heteroatoms. The van der Waals surface area contributed by atoms with E-state index in [1.807, 2.05) is 54.6 Å². The molecule has 1 heterocycles. The molecule has 9 nitrogen and oxygen atoms in total. The molecule has 0 radical (unpaired) electrons. The number of phenolic OH excluding ortho intramolecular Hbond substituents is 1. The summed E-state index contributed by atoms with van der Waals surface area (Å²) in [4.78, 5) is 29.8. The number of carbonyl (C=O) groups excluding carboxylic acids is 2. The second-order valence-electron chi connectivity index (χ2n) is 16.3. The van der Waals surface area contributed by atoms with Crippen molar-refractivity contribution in [1.82, 2.24) is 0 Å². The quantitative estimate of drug-likeness (QED) is 0.0637. The van der Waals surface area contributed by atoms with E-state index in [0.29, 0.717) is 23.1 Å². The summed E-state index contributed by atoms with van der Waals surface area (Å²) in [5.74, 6) is -3.43. The first-order chi connectivity index (χ1) is 27.3. The van der Waals surface area contributed by atoms with Gasteiger partial charge in [0.15, 0.2) is 0 Å². The Kier molecular flexibility index (Phi) is 13.2. The Morgan fingerprint density at radius 2 is 1.53 bits per heavy atom. The molecule has 4 aromatic rings. The molecule has 0 unspecified atom stereocenters. The number of hydrogen-bond acceptors (Lipinski definition) is 8. The Morgan fingerprint density at radius 1 is 0.895 bits per heavy atom. The molecule has 57 heavy (non-hydrogen) atoms. The number of aliphatic hydroxyl groups is 2. The Balaban J connectivity index is 1.44. The average Bonchev–Trinajstić information content (AvgIpc) is 3.45. The van der Waals surface area contributed by atoms with Gasteiger partial charge in [-0.1, -0.05) is 137 Å². The lowest BCUT2D eigenvalue weighted by molar-refractivity contribution is -0.123. The van der Waals surface area contributed by atoms with E-state index in [-0.39, 0.29) is 41.4 Å². The molecular weight excluding hydrogens is 733 g/mol. The highest BCUT2D eigenvalue weighted by Gasteiger charge is 2.56. The van der Waals surface area contributed by atoms with Crippen molar-refractivity contribution in [3.05, 3.63) is 131 Å². The molecule has 6 rings (SSSR count). The fourth-order valence-corrected chi connectivity index (χ4v) is 13.6. The normalized spacial score (nSPS) is 19.5. The maximum atomic E-state index is 14.4. The highest BCUT2D eigenvalue weighted by Crippen LogP contribution is 2.48. The second kappa shape index (κ2) is 17.9. The summed E-state index contributed by atoms with van der Waals surface area (Å²) in [6, 6.07) is 33.6. The van der Waals surface area contributed by atoms with Crippen LogP contribution in [0.2, 0.25) is 5.04 Å². The number of hydrogen-bond donors (Lipinski definition) is 5. The molecule has 0 saturated carbocycles. The summed E-state index contributed by atoms with van der Waals surface area (Å²) in [5, 5.41) is 55.5. The lowest BCUT2D eigenvalue weighted by Gasteiger charge is -2.44. The SMILES string of the molecule is CCC/C(=C\c1ccccc1O)CC[C@@H](O)C1=C(CO[Si](c2ccccc2)(c2ccccc2)C(C)(C)C)C[C@H]2C(=O)N(c3cccc(B(O)O)c3)C(=O)[C@H]2[C@H]1CO. The van der Waals surface area contributed by atoms with Crippen LogP contribution >= 0.6 is 0 Å². The number of allylic oxidation sites excluding steroid dienone is 1. The van der Waals surface area contributed by atoms with Crippen molar-refractivity contribution >= 4 is 54.8 Å². The Hall–Kier alpha value is -4.62. The van der Waals surface area contributed by atoms with Crippen molar-refractivity contribution in [3.63, 3.8) is 0 Å². The number of rotatable bonds is 15. The summed E-state index contributed by atoms with van der Waals surface area (Å²) in [6.45, 7) is 8.20. The Morgan fingerprint density at radius 3 is 2.11 bits per heavy atom. The third-order valence-corrected chi connectivity index (χ3v) is 16.6. The van der Waals surface area contributed by atoms with Gasteiger partial charge in [-0.2, -0.15) is 0 Å². The number of fused-ring (bicyclic) bond motifs is 1. The molecule has 1 saturated heterocycles. The largest absolute Gasteiger partial charge is 0.507 e. The van der Waals surface area contributed by atoms with Crippen LogP contribution in [0, 0.1) is 17.8 Å². The number of aliphatic hydroxyl groups excluding tert-OH is 2. The lowest BCUT2D eigenvalue weighted by Crippen LogP contribution is -2.66. The van der Waals surface area contributed by atoms with Crippen LogP contribution in [0.5, 0.6) is 5.75 Å². The number of amides is 2. The minimum Gasteiger partial charge on any atom is -0.507 e. The van der Waals surface area contributed by atoms with E-state index < -0.39 is 57.7 Å². The monoisotopic (exact) mass is 787 g/mol. The smallest absolute Gasteiger partial charge is 0.488 e. The number of anilines is 1. The first kappa shape index (κ1) is 42.0. The van der Waals surface area contributed by atoms with E-state index in [0.717, 1.165) is 33.7 Å². The zero-order chi connectivity index (χ0) is 40.9. The van der Waals surface area contributed by atoms with E-state index in [2.05, 4.69) is 52.0 Å². The zero-order valence-corrected chi connectivity index (χ0v) is 34.2. The molecule has 0 bridgehead atoms. The molecule has 0 aromatic heterocycles. The van der Waals surface area contributed by atoms with Gasteiger partial charge < -0.3 is 29.8 Å². The van der Waals surface area contributed by atoms with Crippen LogP contribution in [0.4, 0.5) is 5.69 Å². The number of imide groups is 1. The maximum absolute atomic E-state index is 14.4. The number of para-hydroxylation sites is 1. The fraction of sp³-hybridized carbons (Fsp3) is 0.348. The lowest BCUT2D eigenvalue weighted by atomic mass is 9.68. The number of benzene rings is 4. The molecule has 4 atom stereocenters. The van der Waals surface area contributed by atoms with Crippen molar-refractivity contribution in [2.75, 3.05) is 18.1 Å². The average molecular weight is 788 g/mol. The molecular formula is C46H54BNO8Si. The topological polar surface area (TPSA) is 148 Å². The number of phenols is 1. The third kappa shape index (κ3) is 8.50. The predicted molar refractivity (Wildman–Crippen MR) is 228 cm³/mol. The van der Waals surface area contributed by atoms with Crippen molar-refractivity contribution < 1.29 is 39.4 Å². The van der Waals surface area contributed by atoms with Gasteiger partial charge in [0.25, 0.3) is 8.32 Å². The number of aromatic hydroxyl groups is 1. The van der Waals surface area contributed by atoms with E-state index >= 15 is 0 Å². The van der Waals surface area contributed by atoms with E-state index in [1.54, 1.807) is 24.3 Å². The molecule has 4 aromatic carbocycles. The molecule has 1 aliphatic heterocycles. The maximum Gasteiger partial charge on any atom is 0.488 e. The molecule has 298 valence electrons. The minimum absolute atomic E-state index is 0.0720. The third-order valence-electron chi connectivity index (χ3n) is 11.7. The molecule has 5 N–H and O–H groups in total. The van der Waals surface area contributed by atoms with Gasteiger partial charge in [0, 0.05) is 11.5 Å². The molecule has 0 spiro atoms. The van der Waals surface area contributed by atoms with Gasteiger partial charge in [-0.05, 0) is 75.9 Å². The van der Waals surface area contributed by atoms with E-state index in [9.17, 15) is 35.0 Å². The molecule has 1 fully saturated rings. The summed E-state index contributed by atoms with van der Waals surface area (Å²) in [7, 11) is -4.89. The van der Waals surface area contributed by atoms with Crippen LogP contribution < -0.4 is 20.7 Å². The van der Waals surface area contributed by atoms with Crippen LogP contribution in [-0.2, 0) is 14.0 Å². The van der Waals surface area contributed by atoms with Crippen LogP contribution in [0.3, 0.4) is 0 Å². The van der Waals surface area contributed by atoms with Crippen LogP contribution in [-0.4, -0.2) is 71.9 Å². The highest BCUT2D eigenvalue weighted by atomic mass is 28.4. The first-order valence-electron chi connectivity index (χ1n) is 19.9. The highest BCUT2D eigenvalue weighted by molar-refractivity contribution is 6.99. The molecule has 2 amide bonds.